The second-order valence-electron chi connectivity index (χ2n) is 7.20. The van der Waals surface area contributed by atoms with Gasteiger partial charge in [0.2, 0.25) is 11.8 Å². The van der Waals surface area contributed by atoms with E-state index >= 15 is 0 Å². The van der Waals surface area contributed by atoms with Crippen molar-refractivity contribution in [3.8, 4) is 0 Å². The van der Waals surface area contributed by atoms with E-state index in [0.717, 1.165) is 0 Å². The van der Waals surface area contributed by atoms with Crippen LogP contribution in [-0.2, 0) is 14.3 Å². The van der Waals surface area contributed by atoms with Gasteiger partial charge < -0.3 is 19.9 Å². The second-order valence-corrected chi connectivity index (χ2v) is 7.20. The van der Waals surface area contributed by atoms with Crippen LogP contribution in [0.25, 0.3) is 0 Å². The lowest BCUT2D eigenvalue weighted by Crippen LogP contribution is -2.57. The molecule has 1 rings (SSSR count). The maximum absolute atomic E-state index is 12.7. The van der Waals surface area contributed by atoms with Crippen LogP contribution in [0.15, 0.2) is 0 Å². The first-order valence-corrected chi connectivity index (χ1v) is 8.05. The minimum Gasteiger partial charge on any atom is -0.444 e. The molecule has 3 amide bonds. The Morgan fingerprint density at radius 2 is 1.48 bits per heavy atom. The van der Waals surface area contributed by atoms with Crippen molar-refractivity contribution in [2.24, 2.45) is 5.92 Å². The number of amides is 3. The Kier molecular flexibility index (Phi) is 6.41. The zero-order chi connectivity index (χ0) is 17.8. The summed E-state index contributed by atoms with van der Waals surface area (Å²) in [4.78, 5) is 39.4. The Morgan fingerprint density at radius 3 is 1.87 bits per heavy atom. The maximum atomic E-state index is 12.7. The van der Waals surface area contributed by atoms with E-state index in [9.17, 15) is 14.4 Å². The van der Waals surface area contributed by atoms with Crippen molar-refractivity contribution in [3.05, 3.63) is 0 Å². The van der Waals surface area contributed by atoms with E-state index in [2.05, 4.69) is 5.32 Å². The first-order valence-electron chi connectivity index (χ1n) is 8.05. The highest BCUT2D eigenvalue weighted by molar-refractivity contribution is 5.86. The monoisotopic (exact) mass is 327 g/mol. The van der Waals surface area contributed by atoms with Crippen LogP contribution in [-0.4, -0.2) is 65.5 Å². The van der Waals surface area contributed by atoms with Crippen LogP contribution in [0, 0.1) is 5.92 Å². The Hall–Kier alpha value is -1.79. The number of nitrogens with one attached hydrogen (secondary N) is 1. The fourth-order valence-electron chi connectivity index (χ4n) is 2.39. The average molecular weight is 327 g/mol. The van der Waals surface area contributed by atoms with E-state index in [1.807, 2.05) is 13.8 Å². The molecule has 0 aromatic rings. The molecule has 1 heterocycles. The molecule has 0 bridgehead atoms. The van der Waals surface area contributed by atoms with Crippen molar-refractivity contribution >= 4 is 17.9 Å². The van der Waals surface area contributed by atoms with E-state index in [1.165, 1.54) is 6.92 Å². The molecule has 1 aliphatic heterocycles. The van der Waals surface area contributed by atoms with Gasteiger partial charge in [-0.1, -0.05) is 13.8 Å². The van der Waals surface area contributed by atoms with E-state index in [4.69, 9.17) is 4.74 Å². The minimum absolute atomic E-state index is 0.0180. The molecule has 1 atom stereocenters. The molecule has 7 heteroatoms. The highest BCUT2D eigenvalue weighted by atomic mass is 16.6. The molecule has 1 N–H and O–H groups in total. The second kappa shape index (κ2) is 7.66. The van der Waals surface area contributed by atoms with Crippen LogP contribution in [0.4, 0.5) is 4.79 Å². The molecule has 1 fully saturated rings. The van der Waals surface area contributed by atoms with Crippen molar-refractivity contribution in [2.45, 2.75) is 53.2 Å². The highest BCUT2D eigenvalue weighted by Gasteiger charge is 2.32. The normalized spacial score (nSPS) is 17.0. The SMILES string of the molecule is CC(=O)N1CCN(C(=O)C(NC(=O)OC(C)(C)C)C(C)C)CC1. The predicted octanol–water partition coefficient (Wildman–Crippen LogP) is 1.23. The highest BCUT2D eigenvalue weighted by Crippen LogP contribution is 2.12. The Labute approximate surface area is 138 Å². The molecule has 0 aliphatic carbocycles. The van der Waals surface area contributed by atoms with E-state index in [-0.39, 0.29) is 17.7 Å². The zero-order valence-corrected chi connectivity index (χ0v) is 15.0. The molecule has 132 valence electrons. The van der Waals surface area contributed by atoms with Gasteiger partial charge >= 0.3 is 6.09 Å². The number of alkyl carbamates (subject to hydrolysis) is 1. The van der Waals surface area contributed by atoms with Gasteiger partial charge in [0.25, 0.3) is 0 Å². The molecule has 0 aromatic carbocycles. The molecular formula is C16H29N3O4. The third-order valence-electron chi connectivity index (χ3n) is 3.64. The van der Waals surface area contributed by atoms with E-state index in [1.54, 1.807) is 30.6 Å². The predicted molar refractivity (Wildman–Crippen MR) is 86.8 cm³/mol. The number of hydrogen-bond acceptors (Lipinski definition) is 4. The Morgan fingerprint density at radius 1 is 1.00 bits per heavy atom. The van der Waals surface area contributed by atoms with Crippen molar-refractivity contribution in [1.29, 1.82) is 0 Å². The van der Waals surface area contributed by atoms with Gasteiger partial charge in [0, 0.05) is 33.1 Å². The van der Waals surface area contributed by atoms with E-state index in [0.29, 0.717) is 26.2 Å². The van der Waals surface area contributed by atoms with Gasteiger partial charge in [0.05, 0.1) is 0 Å². The van der Waals surface area contributed by atoms with Gasteiger partial charge in [-0.3, -0.25) is 9.59 Å². The van der Waals surface area contributed by atoms with Gasteiger partial charge in [-0.15, -0.1) is 0 Å². The summed E-state index contributed by atoms with van der Waals surface area (Å²) in [6, 6.07) is -0.631. The smallest absolute Gasteiger partial charge is 0.408 e. The number of piperazine rings is 1. The topological polar surface area (TPSA) is 79.0 Å². The largest absolute Gasteiger partial charge is 0.444 e. The van der Waals surface area contributed by atoms with Gasteiger partial charge in [-0.25, -0.2) is 4.79 Å². The number of rotatable bonds is 3. The molecule has 0 aromatic heterocycles. The molecule has 23 heavy (non-hydrogen) atoms. The van der Waals surface area contributed by atoms with Crippen LogP contribution in [0.3, 0.4) is 0 Å². The third-order valence-corrected chi connectivity index (χ3v) is 3.64. The number of carbonyl (C=O) groups excluding carboxylic acids is 3. The molecule has 0 radical (unpaired) electrons. The number of ether oxygens (including phenoxy) is 1. The molecule has 0 saturated carbocycles. The number of hydrogen-bond donors (Lipinski definition) is 1. The quantitative estimate of drug-likeness (QED) is 0.845. The summed E-state index contributed by atoms with van der Waals surface area (Å²) in [6.45, 7) is 12.6. The average Bonchev–Trinajstić information content (AvgIpc) is 2.42. The summed E-state index contributed by atoms with van der Waals surface area (Å²) < 4.78 is 5.23. The lowest BCUT2D eigenvalue weighted by atomic mass is 10.0. The fourth-order valence-corrected chi connectivity index (χ4v) is 2.39. The van der Waals surface area contributed by atoms with Crippen LogP contribution in [0.2, 0.25) is 0 Å². The lowest BCUT2D eigenvalue weighted by molar-refractivity contribution is -0.140. The third kappa shape index (κ3) is 6.08. The Bertz CT molecular complexity index is 449. The summed E-state index contributed by atoms with van der Waals surface area (Å²) in [5.74, 6) is -0.167. The molecular weight excluding hydrogens is 298 g/mol. The first-order chi connectivity index (χ1) is 10.5. The zero-order valence-electron chi connectivity index (χ0n) is 15.0. The van der Waals surface area contributed by atoms with Crippen LogP contribution >= 0.6 is 0 Å². The lowest BCUT2D eigenvalue weighted by Gasteiger charge is -2.37. The fraction of sp³-hybridized carbons (Fsp3) is 0.812. The summed E-state index contributed by atoms with van der Waals surface area (Å²) in [5, 5.41) is 2.67. The standard InChI is InChI=1S/C16H29N3O4/c1-11(2)13(17-15(22)23-16(4,5)6)14(21)19-9-7-18(8-10-19)12(3)20/h11,13H,7-10H2,1-6H3,(H,17,22). The first kappa shape index (κ1) is 19.3. The van der Waals surface area contributed by atoms with Gasteiger partial charge in [0.1, 0.15) is 11.6 Å². The molecule has 1 saturated heterocycles. The van der Waals surface area contributed by atoms with Crippen molar-refractivity contribution in [3.63, 3.8) is 0 Å². The summed E-state index contributed by atoms with van der Waals surface area (Å²) in [7, 11) is 0. The number of carbonyl (C=O) groups is 3. The van der Waals surface area contributed by atoms with Crippen LogP contribution in [0.5, 0.6) is 0 Å². The van der Waals surface area contributed by atoms with Gasteiger partial charge in [0.15, 0.2) is 0 Å². The molecule has 1 aliphatic rings. The van der Waals surface area contributed by atoms with Crippen molar-refractivity contribution < 1.29 is 19.1 Å². The van der Waals surface area contributed by atoms with Gasteiger partial charge in [-0.2, -0.15) is 0 Å². The molecule has 7 nitrogen and oxygen atoms in total. The Balaban J connectivity index is 2.65. The maximum Gasteiger partial charge on any atom is 0.408 e. The summed E-state index contributed by atoms with van der Waals surface area (Å²) in [6.07, 6.45) is -0.591. The number of nitrogens with zero attached hydrogens (tertiary/aromatic N) is 2. The molecule has 1 unspecified atom stereocenters. The molecule has 0 spiro atoms. The minimum atomic E-state index is -0.631. The van der Waals surface area contributed by atoms with Crippen LogP contribution in [0.1, 0.15) is 41.5 Å². The van der Waals surface area contributed by atoms with E-state index < -0.39 is 17.7 Å². The summed E-state index contributed by atoms with van der Waals surface area (Å²) >= 11 is 0. The summed E-state index contributed by atoms with van der Waals surface area (Å²) in [5.41, 5.74) is -0.609. The van der Waals surface area contributed by atoms with Crippen molar-refractivity contribution in [1.82, 2.24) is 15.1 Å². The van der Waals surface area contributed by atoms with Crippen LogP contribution < -0.4 is 5.32 Å². The van der Waals surface area contributed by atoms with Crippen molar-refractivity contribution in [2.75, 3.05) is 26.2 Å². The van der Waals surface area contributed by atoms with Gasteiger partial charge in [-0.05, 0) is 26.7 Å².